The molecule has 2 nitrogen and oxygen atoms in total. The molecule has 0 aliphatic heterocycles. The lowest BCUT2D eigenvalue weighted by Crippen LogP contribution is -2.14. The zero-order chi connectivity index (χ0) is 15.6. The highest BCUT2D eigenvalue weighted by Gasteiger charge is 2.09. The van der Waals surface area contributed by atoms with Gasteiger partial charge in [0, 0.05) is 5.56 Å². The molecular weight excluding hydrogens is 285 g/mol. The Morgan fingerprint density at radius 1 is 1.19 bits per heavy atom. The zero-order valence-corrected chi connectivity index (χ0v) is 13.2. The minimum absolute atomic E-state index is 0.172. The molecule has 0 saturated heterocycles. The number of nitrogens with two attached hydrogens (primary N) is 1. The zero-order valence-electron chi connectivity index (χ0n) is 12.4. The highest BCUT2D eigenvalue weighted by Crippen LogP contribution is 2.24. The maximum atomic E-state index is 13.3. The average molecular weight is 303 g/mol. The van der Waals surface area contributed by atoms with E-state index >= 15 is 0 Å². The third kappa shape index (κ3) is 3.58. The number of rotatable bonds is 4. The van der Waals surface area contributed by atoms with Crippen LogP contribution in [0, 0.1) is 26.6 Å². The van der Waals surface area contributed by atoms with Gasteiger partial charge in [0.15, 0.2) is 0 Å². The van der Waals surface area contributed by atoms with Gasteiger partial charge in [0.1, 0.15) is 23.2 Å². The molecule has 2 N–H and O–H groups in total. The van der Waals surface area contributed by atoms with Crippen LogP contribution in [-0.4, -0.2) is 4.99 Å². The number of benzene rings is 2. The van der Waals surface area contributed by atoms with E-state index in [1.54, 1.807) is 6.07 Å². The summed E-state index contributed by atoms with van der Waals surface area (Å²) in [4.78, 5) is 0.172. The van der Waals surface area contributed by atoms with Crippen LogP contribution < -0.4 is 10.5 Å². The third-order valence-electron chi connectivity index (χ3n) is 3.48. The van der Waals surface area contributed by atoms with Crippen LogP contribution in [0.5, 0.6) is 5.75 Å². The van der Waals surface area contributed by atoms with Gasteiger partial charge in [0.2, 0.25) is 0 Å². The van der Waals surface area contributed by atoms with Crippen molar-refractivity contribution < 1.29 is 9.13 Å². The molecule has 0 fully saturated rings. The van der Waals surface area contributed by atoms with Gasteiger partial charge in [-0.05, 0) is 61.2 Å². The number of ether oxygens (including phenoxy) is 1. The van der Waals surface area contributed by atoms with Crippen molar-refractivity contribution in [2.24, 2.45) is 5.73 Å². The van der Waals surface area contributed by atoms with Crippen LogP contribution in [0.3, 0.4) is 0 Å². The number of hydrogen-bond donors (Lipinski definition) is 1. The number of halogens is 1. The second kappa shape index (κ2) is 6.22. The minimum Gasteiger partial charge on any atom is -0.489 e. The summed E-state index contributed by atoms with van der Waals surface area (Å²) in [5, 5.41) is 0. The van der Waals surface area contributed by atoms with Gasteiger partial charge in [0.25, 0.3) is 0 Å². The molecule has 0 radical (unpaired) electrons. The summed E-state index contributed by atoms with van der Waals surface area (Å²) >= 11 is 4.96. The van der Waals surface area contributed by atoms with Crippen LogP contribution in [-0.2, 0) is 6.61 Å². The fourth-order valence-corrected chi connectivity index (χ4v) is 2.40. The molecule has 2 aromatic rings. The second-order valence-electron chi connectivity index (χ2n) is 5.16. The molecule has 21 heavy (non-hydrogen) atoms. The lowest BCUT2D eigenvalue weighted by molar-refractivity contribution is 0.303. The van der Waals surface area contributed by atoms with Crippen molar-refractivity contribution in [2.75, 3.05) is 0 Å². The summed E-state index contributed by atoms with van der Waals surface area (Å²) in [6.45, 7) is 6.39. The number of aryl methyl sites for hydroxylation is 2. The summed E-state index contributed by atoms with van der Waals surface area (Å²) < 4.78 is 19.2. The van der Waals surface area contributed by atoms with Gasteiger partial charge < -0.3 is 10.5 Å². The fraction of sp³-hybridized carbons (Fsp3) is 0.235. The van der Waals surface area contributed by atoms with Gasteiger partial charge in [-0.3, -0.25) is 0 Å². The summed E-state index contributed by atoms with van der Waals surface area (Å²) in [5.74, 6) is 0.467. The molecule has 0 aromatic heterocycles. The molecule has 0 heterocycles. The molecule has 0 bridgehead atoms. The first kappa shape index (κ1) is 15.4. The van der Waals surface area contributed by atoms with Crippen LogP contribution in [0.4, 0.5) is 4.39 Å². The SMILES string of the molecule is Cc1cc(C)c(C)c(OCc2ccc(F)cc2C(N)=S)c1. The number of hydrogen-bond acceptors (Lipinski definition) is 2. The Morgan fingerprint density at radius 2 is 1.90 bits per heavy atom. The van der Waals surface area contributed by atoms with E-state index in [4.69, 9.17) is 22.7 Å². The van der Waals surface area contributed by atoms with Crippen molar-refractivity contribution >= 4 is 17.2 Å². The molecule has 2 rings (SSSR count). The summed E-state index contributed by atoms with van der Waals surface area (Å²) in [6, 6.07) is 8.48. The van der Waals surface area contributed by atoms with Crippen molar-refractivity contribution in [3.63, 3.8) is 0 Å². The molecule has 110 valence electrons. The van der Waals surface area contributed by atoms with Crippen LogP contribution >= 0.6 is 12.2 Å². The molecule has 0 amide bonds. The smallest absolute Gasteiger partial charge is 0.123 e. The van der Waals surface area contributed by atoms with Gasteiger partial charge in [-0.1, -0.05) is 24.4 Å². The second-order valence-corrected chi connectivity index (χ2v) is 5.60. The molecule has 0 atom stereocenters. The monoisotopic (exact) mass is 303 g/mol. The normalized spacial score (nSPS) is 10.5. The third-order valence-corrected chi connectivity index (χ3v) is 3.70. The fourth-order valence-electron chi connectivity index (χ4n) is 2.21. The lowest BCUT2D eigenvalue weighted by atomic mass is 10.1. The highest BCUT2D eigenvalue weighted by molar-refractivity contribution is 7.80. The van der Waals surface area contributed by atoms with Gasteiger partial charge in [-0.2, -0.15) is 0 Å². The lowest BCUT2D eigenvalue weighted by Gasteiger charge is -2.14. The van der Waals surface area contributed by atoms with Gasteiger partial charge >= 0.3 is 0 Å². The van der Waals surface area contributed by atoms with Crippen molar-refractivity contribution in [1.82, 2.24) is 0 Å². The Labute approximate surface area is 129 Å². The van der Waals surface area contributed by atoms with Crippen LogP contribution in [0.25, 0.3) is 0 Å². The first-order chi connectivity index (χ1) is 9.88. The van der Waals surface area contributed by atoms with E-state index in [2.05, 4.69) is 6.07 Å². The van der Waals surface area contributed by atoms with Gasteiger partial charge in [-0.15, -0.1) is 0 Å². The predicted molar refractivity (Wildman–Crippen MR) is 87.3 cm³/mol. The Balaban J connectivity index is 2.27. The quantitative estimate of drug-likeness (QED) is 0.868. The van der Waals surface area contributed by atoms with E-state index in [-0.39, 0.29) is 10.8 Å². The van der Waals surface area contributed by atoms with Crippen LogP contribution in [0.2, 0.25) is 0 Å². The summed E-state index contributed by atoms with van der Waals surface area (Å²) in [5.41, 5.74) is 10.4. The van der Waals surface area contributed by atoms with E-state index in [9.17, 15) is 4.39 Å². The highest BCUT2D eigenvalue weighted by atomic mass is 32.1. The topological polar surface area (TPSA) is 35.2 Å². The molecule has 0 unspecified atom stereocenters. The molecule has 0 saturated carbocycles. The first-order valence-corrected chi connectivity index (χ1v) is 7.08. The van der Waals surface area contributed by atoms with Crippen LogP contribution in [0.15, 0.2) is 30.3 Å². The average Bonchev–Trinajstić information content (AvgIpc) is 2.42. The predicted octanol–water partition coefficient (Wildman–Crippen LogP) is 3.96. The van der Waals surface area contributed by atoms with Crippen molar-refractivity contribution in [1.29, 1.82) is 0 Å². The first-order valence-electron chi connectivity index (χ1n) is 6.67. The van der Waals surface area contributed by atoms with Crippen molar-refractivity contribution in [2.45, 2.75) is 27.4 Å². The molecule has 0 aliphatic carbocycles. The molecule has 4 heteroatoms. The Bertz CT molecular complexity index is 697. The van der Waals surface area contributed by atoms with Gasteiger partial charge in [-0.25, -0.2) is 4.39 Å². The van der Waals surface area contributed by atoms with E-state index in [0.717, 1.165) is 22.4 Å². The van der Waals surface area contributed by atoms with E-state index in [1.807, 2.05) is 26.8 Å². The Hall–Kier alpha value is -1.94. The molecule has 0 aliphatic rings. The van der Waals surface area contributed by atoms with E-state index < -0.39 is 0 Å². The van der Waals surface area contributed by atoms with Crippen molar-refractivity contribution in [3.8, 4) is 5.75 Å². The Morgan fingerprint density at radius 3 is 2.57 bits per heavy atom. The van der Waals surface area contributed by atoms with Crippen molar-refractivity contribution in [3.05, 3.63) is 64.0 Å². The minimum atomic E-state index is -0.357. The van der Waals surface area contributed by atoms with Gasteiger partial charge in [0.05, 0.1) is 0 Å². The maximum Gasteiger partial charge on any atom is 0.123 e. The summed E-state index contributed by atoms with van der Waals surface area (Å²) in [6.07, 6.45) is 0. The molecular formula is C17H18FNOS. The molecule has 0 spiro atoms. The summed E-state index contributed by atoms with van der Waals surface area (Å²) in [7, 11) is 0. The van der Waals surface area contributed by atoms with E-state index in [0.29, 0.717) is 12.2 Å². The standard InChI is InChI=1S/C17H18FNOS/c1-10-6-11(2)12(3)16(7-10)20-9-13-4-5-14(18)8-15(13)17(19)21/h4-8H,9H2,1-3H3,(H2,19,21). The van der Waals surface area contributed by atoms with E-state index in [1.165, 1.54) is 17.7 Å². The Kier molecular flexibility index (Phi) is 4.58. The largest absolute Gasteiger partial charge is 0.489 e. The maximum absolute atomic E-state index is 13.3. The van der Waals surface area contributed by atoms with Crippen LogP contribution in [0.1, 0.15) is 27.8 Å². The molecule has 2 aromatic carbocycles. The number of thiocarbonyl (C=S) groups is 1.